The highest BCUT2D eigenvalue weighted by Crippen LogP contribution is 2.30. The largest absolute Gasteiger partial charge is 0.363 e. The molecule has 0 unspecified atom stereocenters. The van der Waals surface area contributed by atoms with E-state index in [0.29, 0.717) is 33.8 Å². The maximum Gasteiger partial charge on any atom is 0.264 e. The Balaban J connectivity index is 1.79. The molecule has 0 amide bonds. The number of alkyl halides is 2. The van der Waals surface area contributed by atoms with Crippen molar-refractivity contribution in [1.29, 1.82) is 0 Å². The van der Waals surface area contributed by atoms with Crippen molar-refractivity contribution in [2.75, 3.05) is 5.32 Å². The fourth-order valence-corrected chi connectivity index (χ4v) is 3.93. The molecule has 4 aromatic rings. The average Bonchev–Trinajstić information content (AvgIpc) is 3.23. The second-order valence-electron chi connectivity index (χ2n) is 8.40. The van der Waals surface area contributed by atoms with E-state index in [2.05, 4.69) is 20.4 Å². The topological polar surface area (TPSA) is 77.6 Å². The number of hydrogen-bond donors (Lipinski definition) is 1. The summed E-state index contributed by atoms with van der Waals surface area (Å²) < 4.78 is 30.0. The molecular formula is C24H26F2N6O. The smallest absolute Gasteiger partial charge is 0.264 e. The summed E-state index contributed by atoms with van der Waals surface area (Å²) in [6.45, 7) is 9.35. The predicted octanol–water partition coefficient (Wildman–Crippen LogP) is 5.29. The minimum absolute atomic E-state index is 0.0147. The second kappa shape index (κ2) is 8.73. The molecule has 3 aromatic heterocycles. The van der Waals surface area contributed by atoms with E-state index in [4.69, 9.17) is 0 Å². The number of fused-ring (bicyclic) bond motifs is 1. The van der Waals surface area contributed by atoms with E-state index >= 15 is 0 Å². The molecule has 0 saturated carbocycles. The van der Waals surface area contributed by atoms with Gasteiger partial charge >= 0.3 is 0 Å². The first-order valence-electron chi connectivity index (χ1n) is 10.8. The van der Waals surface area contributed by atoms with Crippen molar-refractivity contribution in [3.05, 3.63) is 75.7 Å². The number of aromatic nitrogens is 5. The van der Waals surface area contributed by atoms with Crippen LogP contribution in [-0.2, 0) is 0 Å². The SMILES string of the molecule is Cc1nc(N[C@H](C)c2cccc(C(F)F)c2C)c2cn(-c3cnn(C(C)C)c3)c(=O)cc2n1. The van der Waals surface area contributed by atoms with E-state index in [0.717, 1.165) is 5.56 Å². The average molecular weight is 453 g/mol. The van der Waals surface area contributed by atoms with Gasteiger partial charge < -0.3 is 5.32 Å². The lowest BCUT2D eigenvalue weighted by Crippen LogP contribution is -2.18. The van der Waals surface area contributed by atoms with Crippen LogP contribution in [0.15, 0.2) is 47.7 Å². The lowest BCUT2D eigenvalue weighted by Gasteiger charge is -2.20. The number of halogens is 2. The number of benzene rings is 1. The number of hydrogen-bond acceptors (Lipinski definition) is 5. The summed E-state index contributed by atoms with van der Waals surface area (Å²) in [6, 6.07) is 6.23. The number of nitrogens with one attached hydrogen (secondary N) is 1. The van der Waals surface area contributed by atoms with Gasteiger partial charge in [0.2, 0.25) is 0 Å². The number of aryl methyl sites for hydroxylation is 1. The van der Waals surface area contributed by atoms with Crippen molar-refractivity contribution >= 4 is 16.7 Å². The Bertz CT molecular complexity index is 1380. The number of pyridine rings is 1. The van der Waals surface area contributed by atoms with Gasteiger partial charge in [-0.05, 0) is 45.7 Å². The summed E-state index contributed by atoms with van der Waals surface area (Å²) in [5, 5.41) is 8.30. The van der Waals surface area contributed by atoms with Crippen molar-refractivity contribution in [3.63, 3.8) is 0 Å². The molecule has 0 aliphatic heterocycles. The third kappa shape index (κ3) is 4.35. The van der Waals surface area contributed by atoms with E-state index in [1.807, 2.05) is 33.0 Å². The zero-order valence-electron chi connectivity index (χ0n) is 19.2. The lowest BCUT2D eigenvalue weighted by atomic mass is 9.97. The van der Waals surface area contributed by atoms with Crippen LogP contribution in [0.2, 0.25) is 0 Å². The lowest BCUT2D eigenvalue weighted by molar-refractivity contribution is 0.150. The highest BCUT2D eigenvalue weighted by Gasteiger charge is 2.18. The number of nitrogens with zero attached hydrogens (tertiary/aromatic N) is 5. The van der Waals surface area contributed by atoms with Crippen molar-refractivity contribution in [3.8, 4) is 5.69 Å². The van der Waals surface area contributed by atoms with Gasteiger partial charge in [-0.3, -0.25) is 14.0 Å². The van der Waals surface area contributed by atoms with Gasteiger partial charge in [-0.1, -0.05) is 18.2 Å². The molecule has 4 rings (SSSR count). The van der Waals surface area contributed by atoms with Gasteiger partial charge in [0, 0.05) is 30.1 Å². The Morgan fingerprint density at radius 1 is 1.03 bits per heavy atom. The maximum absolute atomic E-state index is 13.4. The standard InChI is InChI=1S/C24H26F2N6O/c1-13(2)32-11-17(10-27-32)31-12-20-21(9-22(31)33)29-16(5)30-24(20)28-15(4)18-7-6-8-19(14(18)3)23(25)26/h6-13,15,23H,1-5H3,(H,28,29,30)/t15-/m1/s1. The Kier molecular flexibility index (Phi) is 5.97. The Hall–Kier alpha value is -3.62. The van der Waals surface area contributed by atoms with Crippen LogP contribution in [0.25, 0.3) is 16.6 Å². The second-order valence-corrected chi connectivity index (χ2v) is 8.40. The minimum atomic E-state index is -2.54. The Labute approximate surface area is 190 Å². The monoisotopic (exact) mass is 452 g/mol. The molecule has 0 saturated heterocycles. The molecule has 172 valence electrons. The van der Waals surface area contributed by atoms with Gasteiger partial charge in [-0.25, -0.2) is 18.7 Å². The van der Waals surface area contributed by atoms with Gasteiger partial charge in [0.1, 0.15) is 11.6 Å². The molecule has 0 aliphatic carbocycles. The van der Waals surface area contributed by atoms with Crippen LogP contribution >= 0.6 is 0 Å². The highest BCUT2D eigenvalue weighted by molar-refractivity contribution is 5.88. The molecule has 3 heterocycles. The molecule has 0 fully saturated rings. The van der Waals surface area contributed by atoms with Crippen LogP contribution in [0, 0.1) is 13.8 Å². The molecule has 0 aliphatic rings. The van der Waals surface area contributed by atoms with E-state index in [1.165, 1.54) is 16.7 Å². The fourth-order valence-electron chi connectivity index (χ4n) is 3.93. The van der Waals surface area contributed by atoms with Gasteiger partial charge in [0.15, 0.2) is 0 Å². The van der Waals surface area contributed by atoms with E-state index in [1.54, 1.807) is 37.0 Å². The normalized spacial score (nSPS) is 12.6. The first-order valence-corrected chi connectivity index (χ1v) is 10.8. The van der Waals surface area contributed by atoms with Crippen LogP contribution in [0.4, 0.5) is 14.6 Å². The minimum Gasteiger partial charge on any atom is -0.363 e. The summed E-state index contributed by atoms with van der Waals surface area (Å²) in [5.41, 5.74) is 2.22. The van der Waals surface area contributed by atoms with Crippen molar-refractivity contribution in [1.82, 2.24) is 24.3 Å². The number of rotatable bonds is 6. The van der Waals surface area contributed by atoms with Crippen LogP contribution in [0.3, 0.4) is 0 Å². The van der Waals surface area contributed by atoms with Crippen molar-refractivity contribution < 1.29 is 8.78 Å². The zero-order valence-corrected chi connectivity index (χ0v) is 19.2. The molecule has 7 nitrogen and oxygen atoms in total. The third-order valence-electron chi connectivity index (χ3n) is 5.71. The quantitative estimate of drug-likeness (QED) is 0.430. The van der Waals surface area contributed by atoms with Crippen molar-refractivity contribution in [2.45, 2.75) is 53.1 Å². The van der Waals surface area contributed by atoms with Crippen LogP contribution < -0.4 is 10.9 Å². The Morgan fingerprint density at radius 2 is 1.76 bits per heavy atom. The molecule has 1 aromatic carbocycles. The summed E-state index contributed by atoms with van der Waals surface area (Å²) in [5.74, 6) is 1.02. The Morgan fingerprint density at radius 3 is 2.42 bits per heavy atom. The molecule has 0 bridgehead atoms. The van der Waals surface area contributed by atoms with Crippen LogP contribution in [0.1, 0.15) is 61.8 Å². The summed E-state index contributed by atoms with van der Waals surface area (Å²) in [4.78, 5) is 21.8. The maximum atomic E-state index is 13.4. The van der Waals surface area contributed by atoms with E-state index in [-0.39, 0.29) is 23.2 Å². The summed E-state index contributed by atoms with van der Waals surface area (Å²) >= 11 is 0. The van der Waals surface area contributed by atoms with Crippen LogP contribution in [0.5, 0.6) is 0 Å². The van der Waals surface area contributed by atoms with Gasteiger partial charge in [0.25, 0.3) is 12.0 Å². The highest BCUT2D eigenvalue weighted by atomic mass is 19.3. The fraction of sp³-hybridized carbons (Fsp3) is 0.333. The zero-order chi connectivity index (χ0) is 23.9. The molecular weight excluding hydrogens is 426 g/mol. The molecule has 1 atom stereocenters. The third-order valence-corrected chi connectivity index (χ3v) is 5.71. The number of anilines is 1. The summed E-state index contributed by atoms with van der Waals surface area (Å²) in [6.07, 6.45) is 2.59. The van der Waals surface area contributed by atoms with Gasteiger partial charge in [0.05, 0.1) is 28.8 Å². The summed E-state index contributed by atoms with van der Waals surface area (Å²) in [7, 11) is 0. The van der Waals surface area contributed by atoms with Crippen LogP contribution in [-0.4, -0.2) is 24.3 Å². The first-order chi connectivity index (χ1) is 15.7. The van der Waals surface area contributed by atoms with Gasteiger partial charge in [-0.2, -0.15) is 5.10 Å². The molecule has 1 N–H and O–H groups in total. The molecule has 33 heavy (non-hydrogen) atoms. The first kappa shape index (κ1) is 22.6. The molecule has 0 radical (unpaired) electrons. The van der Waals surface area contributed by atoms with E-state index in [9.17, 15) is 13.6 Å². The van der Waals surface area contributed by atoms with Crippen molar-refractivity contribution in [2.24, 2.45) is 0 Å². The molecule has 0 spiro atoms. The van der Waals surface area contributed by atoms with Gasteiger partial charge in [-0.15, -0.1) is 0 Å². The van der Waals surface area contributed by atoms with E-state index < -0.39 is 6.43 Å². The molecule has 9 heteroatoms. The predicted molar refractivity (Wildman–Crippen MR) is 124 cm³/mol.